The summed E-state index contributed by atoms with van der Waals surface area (Å²) in [7, 11) is 0. The van der Waals surface area contributed by atoms with E-state index >= 15 is 0 Å². The molecule has 0 aliphatic rings. The third kappa shape index (κ3) is 3.40. The topological polar surface area (TPSA) is 17.8 Å². The van der Waals surface area contributed by atoms with Crippen LogP contribution in [0.3, 0.4) is 0 Å². The van der Waals surface area contributed by atoms with Crippen LogP contribution in [0.5, 0.6) is 0 Å². The number of benzene rings is 2. The normalized spacial score (nSPS) is 10.7. The van der Waals surface area contributed by atoms with Crippen LogP contribution < -0.4 is 0 Å². The van der Waals surface area contributed by atoms with Crippen LogP contribution in [-0.2, 0) is 6.54 Å². The lowest BCUT2D eigenvalue weighted by molar-refractivity contribution is 0.591. The van der Waals surface area contributed by atoms with Crippen LogP contribution in [0, 0.1) is 11.4 Å². The zero-order valence-corrected chi connectivity index (χ0v) is 14.3. The smallest absolute Gasteiger partial charge is 0.109 e. The Kier molecular flexibility index (Phi) is 4.68. The van der Waals surface area contributed by atoms with Gasteiger partial charge >= 0.3 is 0 Å². The molecule has 0 aliphatic carbocycles. The van der Waals surface area contributed by atoms with Gasteiger partial charge in [-0.2, -0.15) is 5.10 Å². The fraction of sp³-hybridized carbons (Fsp3) is 0.200. The van der Waals surface area contributed by atoms with Crippen molar-refractivity contribution in [2.75, 3.05) is 0 Å². The maximum absolute atomic E-state index is 5.77. The molecule has 3 aromatic rings. The minimum atomic E-state index is 0.814. The van der Waals surface area contributed by atoms with E-state index < -0.39 is 0 Å². The van der Waals surface area contributed by atoms with Gasteiger partial charge in [-0.3, -0.25) is 4.68 Å². The molecule has 0 saturated carbocycles. The molecule has 0 saturated heterocycles. The maximum Gasteiger partial charge on any atom is 0.109 e. The van der Waals surface area contributed by atoms with Gasteiger partial charge in [0, 0.05) is 23.9 Å². The van der Waals surface area contributed by atoms with Gasteiger partial charge in [0.1, 0.15) is 5.69 Å². The van der Waals surface area contributed by atoms with Crippen LogP contribution in [0.4, 0.5) is 0 Å². The van der Waals surface area contributed by atoms with Gasteiger partial charge in [-0.1, -0.05) is 73.2 Å². The van der Waals surface area contributed by atoms with Gasteiger partial charge in [-0.25, -0.2) is 0 Å². The molecular weight excluding hydrogens is 300 g/mol. The van der Waals surface area contributed by atoms with E-state index in [1.807, 2.05) is 22.9 Å². The summed E-state index contributed by atoms with van der Waals surface area (Å²) >= 11 is 5.77. The molecule has 0 amide bonds. The average molecular weight is 320 g/mol. The molecule has 0 spiro atoms. The highest BCUT2D eigenvalue weighted by Gasteiger charge is 2.10. The Morgan fingerprint density at radius 3 is 2.43 bits per heavy atom. The number of hydrogen-bond donors (Lipinski definition) is 0. The minimum absolute atomic E-state index is 0.814. The van der Waals surface area contributed by atoms with Crippen molar-refractivity contribution in [2.24, 2.45) is 0 Å². The van der Waals surface area contributed by atoms with Crippen molar-refractivity contribution in [2.45, 2.75) is 26.8 Å². The Morgan fingerprint density at radius 1 is 1.00 bits per heavy atom. The first-order valence-corrected chi connectivity index (χ1v) is 8.34. The van der Waals surface area contributed by atoms with E-state index in [2.05, 4.69) is 56.4 Å². The molecular formula is C20H20N2S. The van der Waals surface area contributed by atoms with Gasteiger partial charge < -0.3 is 0 Å². The number of aryl methyl sites for hydroxylation is 2. The summed E-state index contributed by atoms with van der Waals surface area (Å²) in [6, 6.07) is 18.7. The third-order valence-electron chi connectivity index (χ3n) is 3.80. The summed E-state index contributed by atoms with van der Waals surface area (Å²) in [6.07, 6.45) is 3.11. The van der Waals surface area contributed by atoms with Crippen LogP contribution in [0.1, 0.15) is 18.9 Å². The van der Waals surface area contributed by atoms with Crippen molar-refractivity contribution in [3.63, 3.8) is 0 Å². The standard InChI is InChI=1S/C20H20N2S/c1-3-12-22-14-18(16-9-5-4-6-10-16)20(23)19(21-22)17-11-7-8-15(2)13-17/h4-11,13-14H,3,12H2,1-2H3. The molecule has 0 radical (unpaired) electrons. The van der Waals surface area contributed by atoms with E-state index in [-0.39, 0.29) is 0 Å². The molecule has 0 N–H and O–H groups in total. The Hall–Kier alpha value is -2.26. The zero-order chi connectivity index (χ0) is 16.2. The van der Waals surface area contributed by atoms with Crippen LogP contribution in [0.25, 0.3) is 22.4 Å². The minimum Gasteiger partial charge on any atom is -0.271 e. The van der Waals surface area contributed by atoms with Crippen molar-refractivity contribution in [1.29, 1.82) is 0 Å². The highest BCUT2D eigenvalue weighted by molar-refractivity contribution is 7.71. The first-order valence-electron chi connectivity index (χ1n) is 7.93. The van der Waals surface area contributed by atoms with E-state index in [4.69, 9.17) is 17.3 Å². The molecule has 23 heavy (non-hydrogen) atoms. The highest BCUT2D eigenvalue weighted by atomic mass is 32.1. The van der Waals surface area contributed by atoms with Crippen molar-refractivity contribution in [3.8, 4) is 22.4 Å². The number of hydrogen-bond acceptors (Lipinski definition) is 2. The lowest BCUT2D eigenvalue weighted by Gasteiger charge is -2.12. The van der Waals surface area contributed by atoms with Gasteiger partial charge in [-0.15, -0.1) is 0 Å². The Bertz CT molecular complexity index is 866. The molecule has 0 bridgehead atoms. The summed E-state index contributed by atoms with van der Waals surface area (Å²) in [5.41, 5.74) is 5.39. The van der Waals surface area contributed by atoms with Crippen LogP contribution >= 0.6 is 12.2 Å². The molecule has 0 fully saturated rings. The summed E-state index contributed by atoms with van der Waals surface area (Å²) < 4.78 is 2.82. The fourth-order valence-electron chi connectivity index (χ4n) is 2.69. The lowest BCUT2D eigenvalue weighted by atomic mass is 10.0. The molecule has 0 aliphatic heterocycles. The SMILES string of the molecule is CCCn1cc(-c2ccccc2)c(=S)c(-c2cccc(C)c2)n1. The summed E-state index contributed by atoms with van der Waals surface area (Å²) in [6.45, 7) is 5.13. The highest BCUT2D eigenvalue weighted by Crippen LogP contribution is 2.27. The van der Waals surface area contributed by atoms with E-state index in [0.29, 0.717) is 0 Å². The van der Waals surface area contributed by atoms with Crippen molar-refractivity contribution >= 4 is 12.2 Å². The van der Waals surface area contributed by atoms with Gasteiger partial charge in [0.25, 0.3) is 0 Å². The van der Waals surface area contributed by atoms with E-state index in [1.54, 1.807) is 0 Å². The van der Waals surface area contributed by atoms with E-state index in [9.17, 15) is 0 Å². The van der Waals surface area contributed by atoms with Crippen molar-refractivity contribution in [3.05, 3.63) is 70.9 Å². The molecule has 0 unspecified atom stereocenters. The first kappa shape index (κ1) is 15.6. The second-order valence-corrected chi connectivity index (χ2v) is 6.13. The Labute approximate surface area is 142 Å². The third-order valence-corrected chi connectivity index (χ3v) is 4.21. The van der Waals surface area contributed by atoms with Gasteiger partial charge in [-0.05, 0) is 25.0 Å². The molecule has 116 valence electrons. The van der Waals surface area contributed by atoms with Crippen LogP contribution in [0.2, 0.25) is 0 Å². The predicted molar refractivity (Wildman–Crippen MR) is 99.0 cm³/mol. The largest absolute Gasteiger partial charge is 0.271 e. The number of nitrogens with zero attached hydrogens (tertiary/aromatic N) is 2. The zero-order valence-electron chi connectivity index (χ0n) is 13.5. The summed E-state index contributed by atoms with van der Waals surface area (Å²) in [5.74, 6) is 0. The second kappa shape index (κ2) is 6.88. The molecule has 1 aromatic heterocycles. The molecule has 3 rings (SSSR count). The Morgan fingerprint density at radius 2 is 1.74 bits per heavy atom. The average Bonchev–Trinajstić information content (AvgIpc) is 2.57. The maximum atomic E-state index is 5.77. The van der Waals surface area contributed by atoms with Crippen LogP contribution in [0.15, 0.2) is 60.8 Å². The monoisotopic (exact) mass is 320 g/mol. The summed E-state index contributed by atoms with van der Waals surface area (Å²) in [5, 5.41) is 4.77. The number of aromatic nitrogens is 2. The van der Waals surface area contributed by atoms with Gasteiger partial charge in [0.15, 0.2) is 0 Å². The Balaban J connectivity index is 2.24. The number of rotatable bonds is 4. The fourth-order valence-corrected chi connectivity index (χ4v) is 3.02. The molecule has 2 nitrogen and oxygen atoms in total. The molecule has 1 heterocycles. The van der Waals surface area contributed by atoms with E-state index in [1.165, 1.54) is 5.56 Å². The summed E-state index contributed by atoms with van der Waals surface area (Å²) in [4.78, 5) is 0. The van der Waals surface area contributed by atoms with Gasteiger partial charge in [0.05, 0.1) is 4.51 Å². The van der Waals surface area contributed by atoms with Crippen molar-refractivity contribution < 1.29 is 0 Å². The predicted octanol–water partition coefficient (Wildman–Crippen LogP) is 5.67. The first-order chi connectivity index (χ1) is 11.2. The molecule has 3 heteroatoms. The quantitative estimate of drug-likeness (QED) is 0.577. The van der Waals surface area contributed by atoms with Crippen molar-refractivity contribution in [1.82, 2.24) is 9.78 Å². The van der Waals surface area contributed by atoms with E-state index in [0.717, 1.165) is 39.9 Å². The molecule has 0 atom stereocenters. The second-order valence-electron chi connectivity index (χ2n) is 5.72. The van der Waals surface area contributed by atoms with Gasteiger partial charge in [0.2, 0.25) is 0 Å². The lowest BCUT2D eigenvalue weighted by Crippen LogP contribution is -2.06. The molecule has 2 aromatic carbocycles. The van der Waals surface area contributed by atoms with Crippen LogP contribution in [-0.4, -0.2) is 9.78 Å².